The second-order valence-electron chi connectivity index (χ2n) is 4.45. The summed E-state index contributed by atoms with van der Waals surface area (Å²) in [5.74, 6) is 0.262. The Hall–Kier alpha value is -1.31. The highest BCUT2D eigenvalue weighted by Crippen LogP contribution is 2.08. The lowest BCUT2D eigenvalue weighted by molar-refractivity contribution is 0.0981. The zero-order chi connectivity index (χ0) is 12.5. The van der Waals surface area contributed by atoms with Crippen molar-refractivity contribution >= 4 is 5.78 Å². The van der Waals surface area contributed by atoms with Crippen molar-refractivity contribution in [1.82, 2.24) is 4.57 Å². The molecule has 0 radical (unpaired) electrons. The zero-order valence-electron chi connectivity index (χ0n) is 10.8. The first-order valence-corrected chi connectivity index (χ1v) is 6.57. The van der Waals surface area contributed by atoms with Gasteiger partial charge in [0, 0.05) is 30.9 Å². The van der Waals surface area contributed by atoms with Gasteiger partial charge in [0.1, 0.15) is 0 Å². The SMILES string of the molecule is C=CCCCCCn1ccc(C(=O)CCC)c1. The first-order valence-electron chi connectivity index (χ1n) is 6.57. The smallest absolute Gasteiger partial charge is 0.164 e. The van der Waals surface area contributed by atoms with Crippen LogP contribution in [0.1, 0.15) is 55.8 Å². The Kier molecular flexibility index (Phi) is 6.38. The summed E-state index contributed by atoms with van der Waals surface area (Å²) in [6.07, 6.45) is 12.2. The summed E-state index contributed by atoms with van der Waals surface area (Å²) in [6, 6.07) is 1.93. The second-order valence-corrected chi connectivity index (χ2v) is 4.45. The van der Waals surface area contributed by atoms with E-state index in [2.05, 4.69) is 11.1 Å². The largest absolute Gasteiger partial charge is 0.354 e. The van der Waals surface area contributed by atoms with E-state index in [1.807, 2.05) is 31.5 Å². The maximum atomic E-state index is 11.6. The molecule has 17 heavy (non-hydrogen) atoms. The number of aryl methyl sites for hydroxylation is 1. The Bertz CT molecular complexity index is 352. The fourth-order valence-electron chi connectivity index (χ4n) is 1.88. The highest BCUT2D eigenvalue weighted by atomic mass is 16.1. The van der Waals surface area contributed by atoms with Gasteiger partial charge in [-0.2, -0.15) is 0 Å². The molecule has 0 bridgehead atoms. The molecule has 0 saturated heterocycles. The summed E-state index contributed by atoms with van der Waals surface area (Å²) in [5, 5.41) is 0. The Morgan fingerprint density at radius 3 is 2.94 bits per heavy atom. The summed E-state index contributed by atoms with van der Waals surface area (Å²) in [4.78, 5) is 11.6. The molecule has 1 heterocycles. The number of nitrogens with zero attached hydrogens (tertiary/aromatic N) is 1. The standard InChI is InChI=1S/C15H23NO/c1-3-5-6-7-8-11-16-12-10-14(13-16)15(17)9-4-2/h3,10,12-13H,1,4-9,11H2,2H3. The average molecular weight is 233 g/mol. The number of ketones is 1. The molecule has 1 aromatic heterocycles. The van der Waals surface area contributed by atoms with Gasteiger partial charge in [0.15, 0.2) is 5.78 Å². The van der Waals surface area contributed by atoms with Crippen LogP contribution in [0.5, 0.6) is 0 Å². The van der Waals surface area contributed by atoms with Gasteiger partial charge in [-0.1, -0.05) is 19.4 Å². The predicted molar refractivity (Wildman–Crippen MR) is 72.3 cm³/mol. The first kappa shape index (κ1) is 13.8. The highest BCUT2D eigenvalue weighted by Gasteiger charge is 2.05. The van der Waals surface area contributed by atoms with E-state index in [1.54, 1.807) is 0 Å². The quantitative estimate of drug-likeness (QED) is 0.355. The number of hydrogen-bond acceptors (Lipinski definition) is 1. The summed E-state index contributed by atoms with van der Waals surface area (Å²) in [6.45, 7) is 6.76. The van der Waals surface area contributed by atoms with E-state index >= 15 is 0 Å². The number of rotatable bonds is 9. The van der Waals surface area contributed by atoms with Crippen molar-refractivity contribution in [3.8, 4) is 0 Å². The van der Waals surface area contributed by atoms with E-state index in [-0.39, 0.29) is 5.78 Å². The predicted octanol–water partition coefficient (Wildman–Crippen LogP) is 4.22. The maximum Gasteiger partial charge on any atom is 0.164 e. The summed E-state index contributed by atoms with van der Waals surface area (Å²) < 4.78 is 2.12. The van der Waals surface area contributed by atoms with E-state index < -0.39 is 0 Å². The second kappa shape index (κ2) is 7.88. The molecule has 0 aliphatic heterocycles. The number of carbonyl (C=O) groups is 1. The Morgan fingerprint density at radius 1 is 1.41 bits per heavy atom. The number of aromatic nitrogens is 1. The van der Waals surface area contributed by atoms with Crippen LogP contribution in [0.4, 0.5) is 0 Å². The van der Waals surface area contributed by atoms with Gasteiger partial charge in [-0.15, -0.1) is 6.58 Å². The van der Waals surface area contributed by atoms with E-state index in [0.717, 1.165) is 24.9 Å². The van der Waals surface area contributed by atoms with Crippen molar-refractivity contribution < 1.29 is 4.79 Å². The van der Waals surface area contributed by atoms with Crippen LogP contribution in [0, 0.1) is 0 Å². The van der Waals surface area contributed by atoms with Crippen LogP contribution in [0.25, 0.3) is 0 Å². The van der Waals surface area contributed by atoms with Gasteiger partial charge < -0.3 is 4.57 Å². The molecular formula is C15H23NO. The lowest BCUT2D eigenvalue weighted by Gasteiger charge is -2.01. The summed E-state index contributed by atoms with van der Waals surface area (Å²) >= 11 is 0. The van der Waals surface area contributed by atoms with Crippen LogP contribution in [-0.2, 0) is 6.54 Å². The van der Waals surface area contributed by atoms with E-state index in [0.29, 0.717) is 6.42 Å². The number of allylic oxidation sites excluding steroid dienone is 1. The molecule has 0 unspecified atom stereocenters. The summed E-state index contributed by atoms with van der Waals surface area (Å²) in [5.41, 5.74) is 0.859. The molecule has 2 heteroatoms. The molecule has 0 spiro atoms. The van der Waals surface area contributed by atoms with Crippen molar-refractivity contribution in [3.63, 3.8) is 0 Å². The number of unbranched alkanes of at least 4 members (excludes halogenated alkanes) is 3. The van der Waals surface area contributed by atoms with E-state index in [1.165, 1.54) is 19.3 Å². The Labute approximate surface area is 104 Å². The minimum Gasteiger partial charge on any atom is -0.354 e. The van der Waals surface area contributed by atoms with Crippen molar-refractivity contribution in [3.05, 3.63) is 36.7 Å². The number of Topliss-reactive ketones (excluding diaryl/α,β-unsaturated/α-hetero) is 1. The third-order valence-corrected chi connectivity index (χ3v) is 2.87. The Balaban J connectivity index is 2.30. The molecular weight excluding hydrogens is 210 g/mol. The lowest BCUT2D eigenvalue weighted by Crippen LogP contribution is -1.98. The van der Waals surface area contributed by atoms with Gasteiger partial charge in [-0.25, -0.2) is 0 Å². The fourth-order valence-corrected chi connectivity index (χ4v) is 1.88. The van der Waals surface area contributed by atoms with Crippen LogP contribution in [0.3, 0.4) is 0 Å². The van der Waals surface area contributed by atoms with Gasteiger partial charge >= 0.3 is 0 Å². The molecule has 2 nitrogen and oxygen atoms in total. The van der Waals surface area contributed by atoms with Crippen LogP contribution >= 0.6 is 0 Å². The molecule has 0 amide bonds. The molecule has 0 aliphatic rings. The molecule has 0 aromatic carbocycles. The summed E-state index contributed by atoms with van der Waals surface area (Å²) in [7, 11) is 0. The molecule has 94 valence electrons. The minimum absolute atomic E-state index is 0.262. The maximum absolute atomic E-state index is 11.6. The van der Waals surface area contributed by atoms with Crippen molar-refractivity contribution in [2.24, 2.45) is 0 Å². The van der Waals surface area contributed by atoms with Gasteiger partial charge in [0.2, 0.25) is 0 Å². The fraction of sp³-hybridized carbons (Fsp3) is 0.533. The molecule has 0 aliphatic carbocycles. The van der Waals surface area contributed by atoms with Crippen molar-refractivity contribution in [2.45, 2.75) is 52.0 Å². The average Bonchev–Trinajstić information content (AvgIpc) is 2.78. The first-order chi connectivity index (χ1) is 8.27. The number of hydrogen-bond donors (Lipinski definition) is 0. The van der Waals surface area contributed by atoms with E-state index in [9.17, 15) is 4.79 Å². The van der Waals surface area contributed by atoms with Crippen LogP contribution in [-0.4, -0.2) is 10.4 Å². The highest BCUT2D eigenvalue weighted by molar-refractivity contribution is 5.95. The molecule has 1 rings (SSSR count). The van der Waals surface area contributed by atoms with Gasteiger partial charge in [-0.05, 0) is 31.7 Å². The molecule has 0 saturated carbocycles. The van der Waals surface area contributed by atoms with Gasteiger partial charge in [0.25, 0.3) is 0 Å². The van der Waals surface area contributed by atoms with Gasteiger partial charge in [0.05, 0.1) is 0 Å². The monoisotopic (exact) mass is 233 g/mol. The van der Waals surface area contributed by atoms with E-state index in [4.69, 9.17) is 0 Å². The van der Waals surface area contributed by atoms with Crippen LogP contribution in [0.15, 0.2) is 31.1 Å². The zero-order valence-corrected chi connectivity index (χ0v) is 10.8. The molecule has 0 N–H and O–H groups in total. The van der Waals surface area contributed by atoms with Crippen molar-refractivity contribution in [2.75, 3.05) is 0 Å². The van der Waals surface area contributed by atoms with Crippen molar-refractivity contribution in [1.29, 1.82) is 0 Å². The lowest BCUT2D eigenvalue weighted by atomic mass is 10.1. The topological polar surface area (TPSA) is 22.0 Å². The third-order valence-electron chi connectivity index (χ3n) is 2.87. The molecule has 1 aromatic rings. The molecule has 0 atom stereocenters. The van der Waals surface area contributed by atoms with Crippen LogP contribution < -0.4 is 0 Å². The minimum atomic E-state index is 0.262. The number of carbonyl (C=O) groups excluding carboxylic acids is 1. The normalized spacial score (nSPS) is 10.4. The van der Waals surface area contributed by atoms with Gasteiger partial charge in [-0.3, -0.25) is 4.79 Å². The Morgan fingerprint density at radius 2 is 2.24 bits per heavy atom. The van der Waals surface area contributed by atoms with Crippen LogP contribution in [0.2, 0.25) is 0 Å². The third kappa shape index (κ3) is 5.03. The molecule has 0 fully saturated rings.